The molecule has 0 aliphatic heterocycles. The molecule has 0 saturated carbocycles. The van der Waals surface area contributed by atoms with E-state index < -0.39 is 6.09 Å². The fourth-order valence-electron chi connectivity index (χ4n) is 2.07. The average Bonchev–Trinajstić information content (AvgIpc) is 2.40. The summed E-state index contributed by atoms with van der Waals surface area (Å²) >= 11 is 0. The molecule has 0 fully saturated rings. The Balaban J connectivity index is 2.30. The number of amides is 1. The second-order valence-electron chi connectivity index (χ2n) is 4.66. The first-order chi connectivity index (χ1) is 9.09. The van der Waals surface area contributed by atoms with Crippen LogP contribution in [-0.2, 0) is 0 Å². The summed E-state index contributed by atoms with van der Waals surface area (Å²) in [6.07, 6.45) is -0.928. The zero-order valence-corrected chi connectivity index (χ0v) is 11.1. The molecular weight excluding hydrogens is 238 g/mol. The molecule has 0 unspecified atom stereocenters. The molecule has 0 spiro atoms. The van der Waals surface area contributed by atoms with Gasteiger partial charge in [-0.1, -0.05) is 42.5 Å². The maximum absolute atomic E-state index is 11.2. The van der Waals surface area contributed by atoms with Crippen LogP contribution in [0.5, 0.6) is 0 Å². The first-order valence-electron chi connectivity index (χ1n) is 6.27. The molecule has 98 valence electrons. The van der Waals surface area contributed by atoms with Crippen LogP contribution in [0.3, 0.4) is 0 Å². The normalized spacial score (nSPS) is 10.5. The lowest BCUT2D eigenvalue weighted by Gasteiger charge is -2.23. The van der Waals surface area contributed by atoms with Gasteiger partial charge in [-0.15, -0.1) is 0 Å². The van der Waals surface area contributed by atoms with Crippen molar-refractivity contribution in [2.24, 2.45) is 0 Å². The van der Waals surface area contributed by atoms with Crippen molar-refractivity contribution >= 4 is 11.8 Å². The smallest absolute Gasteiger partial charge is 0.412 e. The van der Waals surface area contributed by atoms with Crippen molar-refractivity contribution in [1.82, 2.24) is 0 Å². The molecule has 3 heteroatoms. The molecule has 0 aliphatic rings. The number of carbonyl (C=O) groups is 1. The zero-order valence-electron chi connectivity index (χ0n) is 11.1. The van der Waals surface area contributed by atoms with Crippen LogP contribution in [0.1, 0.15) is 13.8 Å². The SMILES string of the molecule is CC(C)N(C(=O)O)c1ccc(-c2ccccc2)cc1. The van der Waals surface area contributed by atoms with Gasteiger partial charge in [0.25, 0.3) is 0 Å². The lowest BCUT2D eigenvalue weighted by atomic mass is 10.1. The second kappa shape index (κ2) is 5.57. The van der Waals surface area contributed by atoms with Crippen molar-refractivity contribution in [3.63, 3.8) is 0 Å². The van der Waals surface area contributed by atoms with Gasteiger partial charge in [-0.3, -0.25) is 4.90 Å². The summed E-state index contributed by atoms with van der Waals surface area (Å²) in [6.45, 7) is 3.72. The summed E-state index contributed by atoms with van der Waals surface area (Å²) in [4.78, 5) is 12.6. The standard InChI is InChI=1S/C16H17NO2/c1-12(2)17(16(18)19)15-10-8-14(9-11-15)13-6-4-3-5-7-13/h3-12H,1-2H3,(H,18,19). The predicted molar refractivity (Wildman–Crippen MR) is 77.5 cm³/mol. The maximum atomic E-state index is 11.2. The summed E-state index contributed by atoms with van der Waals surface area (Å²) in [5, 5.41) is 9.21. The van der Waals surface area contributed by atoms with Gasteiger partial charge >= 0.3 is 6.09 Å². The van der Waals surface area contributed by atoms with Crippen LogP contribution >= 0.6 is 0 Å². The quantitative estimate of drug-likeness (QED) is 0.890. The lowest BCUT2D eigenvalue weighted by Crippen LogP contribution is -2.35. The molecule has 0 heterocycles. The van der Waals surface area contributed by atoms with Gasteiger partial charge in [0.15, 0.2) is 0 Å². The van der Waals surface area contributed by atoms with Crippen LogP contribution in [-0.4, -0.2) is 17.2 Å². The predicted octanol–water partition coefficient (Wildman–Crippen LogP) is 4.25. The Labute approximate surface area is 113 Å². The first-order valence-corrected chi connectivity index (χ1v) is 6.27. The minimum atomic E-state index is -0.928. The van der Waals surface area contributed by atoms with Gasteiger partial charge in [-0.05, 0) is 37.1 Å². The summed E-state index contributed by atoms with van der Waals surface area (Å²) in [7, 11) is 0. The highest BCUT2D eigenvalue weighted by molar-refractivity contribution is 5.87. The van der Waals surface area contributed by atoms with E-state index in [-0.39, 0.29) is 6.04 Å². The monoisotopic (exact) mass is 255 g/mol. The van der Waals surface area contributed by atoms with Crippen LogP contribution in [0.2, 0.25) is 0 Å². The fourth-order valence-corrected chi connectivity index (χ4v) is 2.07. The number of carboxylic acid groups (broad SMARTS) is 1. The van der Waals surface area contributed by atoms with Crippen LogP contribution in [0.4, 0.5) is 10.5 Å². The van der Waals surface area contributed by atoms with Crippen LogP contribution in [0.25, 0.3) is 11.1 Å². The molecule has 1 amide bonds. The van der Waals surface area contributed by atoms with Crippen molar-refractivity contribution < 1.29 is 9.90 Å². The van der Waals surface area contributed by atoms with Crippen LogP contribution in [0, 0.1) is 0 Å². The summed E-state index contributed by atoms with van der Waals surface area (Å²) in [5.74, 6) is 0. The molecule has 1 N–H and O–H groups in total. The Kier molecular flexibility index (Phi) is 3.85. The van der Waals surface area contributed by atoms with Crippen LogP contribution in [0.15, 0.2) is 54.6 Å². The molecule has 0 saturated heterocycles. The Hall–Kier alpha value is -2.29. The molecule has 2 aromatic rings. The van der Waals surface area contributed by atoms with E-state index in [4.69, 9.17) is 0 Å². The molecule has 0 atom stereocenters. The number of benzene rings is 2. The summed E-state index contributed by atoms with van der Waals surface area (Å²) in [6, 6.07) is 17.5. The van der Waals surface area contributed by atoms with Gasteiger partial charge in [-0.2, -0.15) is 0 Å². The number of nitrogens with zero attached hydrogens (tertiary/aromatic N) is 1. The highest BCUT2D eigenvalue weighted by Gasteiger charge is 2.17. The van der Waals surface area contributed by atoms with E-state index in [1.54, 1.807) is 0 Å². The van der Waals surface area contributed by atoms with E-state index in [1.165, 1.54) is 4.90 Å². The molecule has 0 aliphatic carbocycles. The van der Waals surface area contributed by atoms with Crippen molar-refractivity contribution in [1.29, 1.82) is 0 Å². The fraction of sp³-hybridized carbons (Fsp3) is 0.188. The molecule has 19 heavy (non-hydrogen) atoms. The van der Waals surface area contributed by atoms with Crippen molar-refractivity contribution in [2.75, 3.05) is 4.90 Å². The van der Waals surface area contributed by atoms with Gasteiger partial charge in [0.05, 0.1) is 0 Å². The highest BCUT2D eigenvalue weighted by atomic mass is 16.4. The largest absolute Gasteiger partial charge is 0.465 e. The number of hydrogen-bond acceptors (Lipinski definition) is 1. The highest BCUT2D eigenvalue weighted by Crippen LogP contribution is 2.24. The Bertz CT molecular complexity index is 547. The second-order valence-corrected chi connectivity index (χ2v) is 4.66. The maximum Gasteiger partial charge on any atom is 0.412 e. The molecule has 0 aromatic heterocycles. The van der Waals surface area contributed by atoms with Gasteiger partial charge in [0.1, 0.15) is 0 Å². The van der Waals surface area contributed by atoms with Crippen molar-refractivity contribution in [3.8, 4) is 11.1 Å². The van der Waals surface area contributed by atoms with Gasteiger partial charge < -0.3 is 5.11 Å². The number of hydrogen-bond donors (Lipinski definition) is 1. The van der Waals surface area contributed by atoms with Crippen molar-refractivity contribution in [3.05, 3.63) is 54.6 Å². The molecule has 2 rings (SSSR count). The lowest BCUT2D eigenvalue weighted by molar-refractivity contribution is 0.200. The zero-order chi connectivity index (χ0) is 13.8. The summed E-state index contributed by atoms with van der Waals surface area (Å²) < 4.78 is 0. The van der Waals surface area contributed by atoms with E-state index >= 15 is 0 Å². The van der Waals surface area contributed by atoms with E-state index in [0.717, 1.165) is 11.1 Å². The minimum absolute atomic E-state index is 0.0833. The molecule has 0 bridgehead atoms. The summed E-state index contributed by atoms with van der Waals surface area (Å²) in [5.41, 5.74) is 2.90. The average molecular weight is 255 g/mol. The third-order valence-corrected chi connectivity index (χ3v) is 2.98. The topological polar surface area (TPSA) is 40.5 Å². The number of rotatable bonds is 3. The van der Waals surface area contributed by atoms with Gasteiger partial charge in [0, 0.05) is 11.7 Å². The van der Waals surface area contributed by atoms with Gasteiger partial charge in [-0.25, -0.2) is 4.79 Å². The van der Waals surface area contributed by atoms with E-state index in [2.05, 4.69) is 0 Å². The first kappa shape index (κ1) is 13.1. The van der Waals surface area contributed by atoms with Crippen molar-refractivity contribution in [2.45, 2.75) is 19.9 Å². The number of anilines is 1. The minimum Gasteiger partial charge on any atom is -0.465 e. The molecule has 3 nitrogen and oxygen atoms in total. The third-order valence-electron chi connectivity index (χ3n) is 2.98. The Morgan fingerprint density at radius 1 is 0.947 bits per heavy atom. The van der Waals surface area contributed by atoms with Crippen LogP contribution < -0.4 is 4.90 Å². The van der Waals surface area contributed by atoms with E-state index in [0.29, 0.717) is 5.69 Å². The van der Waals surface area contributed by atoms with E-state index in [1.807, 2.05) is 68.4 Å². The molecular formula is C16H17NO2. The molecule has 2 aromatic carbocycles. The Morgan fingerprint density at radius 2 is 1.47 bits per heavy atom. The van der Waals surface area contributed by atoms with Gasteiger partial charge in [0.2, 0.25) is 0 Å². The Morgan fingerprint density at radius 3 is 1.95 bits per heavy atom. The molecule has 0 radical (unpaired) electrons. The van der Waals surface area contributed by atoms with E-state index in [9.17, 15) is 9.90 Å². The third kappa shape index (κ3) is 2.94.